The second kappa shape index (κ2) is 9.61. The van der Waals surface area contributed by atoms with E-state index in [9.17, 15) is 29.7 Å². The predicted molar refractivity (Wildman–Crippen MR) is 141 cm³/mol. The van der Waals surface area contributed by atoms with Crippen molar-refractivity contribution in [1.82, 2.24) is 4.90 Å². The molecule has 2 fully saturated rings. The zero-order chi connectivity index (χ0) is 28.3. The summed E-state index contributed by atoms with van der Waals surface area (Å²) in [6, 6.07) is 3.77. The molecular formula is C29H31N3O8. The van der Waals surface area contributed by atoms with E-state index < -0.39 is 52.0 Å². The van der Waals surface area contributed by atoms with Crippen LogP contribution in [-0.4, -0.2) is 56.4 Å². The zero-order valence-electron chi connectivity index (χ0n) is 21.8. The lowest BCUT2D eigenvalue weighted by Gasteiger charge is -2.46. The average Bonchev–Trinajstić information content (AvgIpc) is 3.46. The number of aliphatic hydroxyl groups excluding tert-OH is 2. The maximum Gasteiger partial charge on any atom is 0.255 e. The lowest BCUT2D eigenvalue weighted by molar-refractivity contribution is -0.147. The van der Waals surface area contributed by atoms with E-state index in [-0.39, 0.29) is 36.1 Å². The summed E-state index contributed by atoms with van der Waals surface area (Å²) in [5, 5.41) is 34.1. The Morgan fingerprint density at radius 3 is 2.58 bits per heavy atom. The molecule has 1 aromatic heterocycles. The Hall–Kier alpha value is -3.93. The fourth-order valence-electron chi connectivity index (χ4n) is 7.02. The van der Waals surface area contributed by atoms with Crippen LogP contribution in [0.5, 0.6) is 5.75 Å². The summed E-state index contributed by atoms with van der Waals surface area (Å²) < 4.78 is 5.36. The number of benzene rings is 1. The molecule has 0 unspecified atom stereocenters. The summed E-state index contributed by atoms with van der Waals surface area (Å²) in [5.74, 6) is 0.00203. The number of primary amides is 1. The number of carbonyl (C=O) groups excluding carboxylic acids is 3. The minimum absolute atomic E-state index is 0.0993. The summed E-state index contributed by atoms with van der Waals surface area (Å²) in [7, 11) is 0. The molecule has 4 aliphatic rings. The maximum absolute atomic E-state index is 13.9. The Labute approximate surface area is 229 Å². The first kappa shape index (κ1) is 26.3. The number of Topliss-reactive ketones (excluding diaryl/α,β-unsaturated/α-hetero) is 2. The van der Waals surface area contributed by atoms with Crippen molar-refractivity contribution in [3.63, 3.8) is 0 Å². The minimum Gasteiger partial charge on any atom is -0.508 e. The van der Waals surface area contributed by atoms with Crippen LogP contribution in [0.3, 0.4) is 0 Å². The van der Waals surface area contributed by atoms with Gasteiger partial charge < -0.3 is 30.3 Å². The number of piperidine rings is 1. The number of aliphatic hydroxyl groups is 3. The van der Waals surface area contributed by atoms with Crippen molar-refractivity contribution in [1.29, 1.82) is 0 Å². The second-order valence-electron chi connectivity index (χ2n) is 11.1. The number of furan rings is 1. The lowest BCUT2D eigenvalue weighted by atomic mass is 9.59. The van der Waals surface area contributed by atoms with Crippen LogP contribution in [0.1, 0.15) is 48.8 Å². The van der Waals surface area contributed by atoms with Crippen molar-refractivity contribution in [3.05, 3.63) is 58.3 Å². The molecule has 40 heavy (non-hydrogen) atoms. The zero-order valence-corrected chi connectivity index (χ0v) is 21.8. The molecule has 6 rings (SSSR count). The molecule has 1 saturated heterocycles. The van der Waals surface area contributed by atoms with Crippen LogP contribution in [0.15, 0.2) is 46.0 Å². The number of hydrogen-bond donors (Lipinski definition) is 5. The summed E-state index contributed by atoms with van der Waals surface area (Å²) in [4.78, 5) is 46.1. The Bertz CT molecular complexity index is 1480. The van der Waals surface area contributed by atoms with Crippen molar-refractivity contribution < 1.29 is 39.0 Å². The molecule has 1 aliphatic heterocycles. The van der Waals surface area contributed by atoms with Crippen molar-refractivity contribution in [2.45, 2.75) is 50.7 Å². The number of amides is 1. The van der Waals surface area contributed by atoms with Crippen LogP contribution >= 0.6 is 0 Å². The molecule has 2 aromatic rings. The van der Waals surface area contributed by atoms with Crippen molar-refractivity contribution in [2.24, 2.45) is 23.5 Å². The Morgan fingerprint density at radius 2 is 1.93 bits per heavy atom. The van der Waals surface area contributed by atoms with E-state index >= 15 is 0 Å². The molecule has 3 aliphatic carbocycles. The second-order valence-corrected chi connectivity index (χ2v) is 11.1. The first-order chi connectivity index (χ1) is 19.2. The molecule has 0 bridgehead atoms. The van der Waals surface area contributed by atoms with Gasteiger partial charge >= 0.3 is 0 Å². The minimum atomic E-state index is -2.57. The average molecular weight is 550 g/mol. The molecule has 7 N–H and O–H groups in total. The molecule has 0 spiro atoms. The SMILES string of the molecule is NOc1c(CN2CCCCC2)cc(-c2ccoc2)c2c1C(O)=C1C(=O)[C@]3(O)C(O)=C(C(N)=O)C(=O)C[C@@H]3C[C@@H]1C2. The first-order valence-corrected chi connectivity index (χ1v) is 13.4. The predicted octanol–water partition coefficient (Wildman–Crippen LogP) is 2.22. The molecule has 1 amide bonds. The summed E-state index contributed by atoms with van der Waals surface area (Å²) in [6.45, 7) is 2.30. The molecule has 2 heterocycles. The van der Waals surface area contributed by atoms with Gasteiger partial charge in [0.2, 0.25) is 5.78 Å². The number of likely N-dealkylation sites (tertiary alicyclic amines) is 1. The highest BCUT2D eigenvalue weighted by molar-refractivity contribution is 6.22. The number of rotatable bonds is 5. The molecule has 1 aromatic carbocycles. The molecule has 0 radical (unpaired) electrons. The summed E-state index contributed by atoms with van der Waals surface area (Å²) in [5.41, 5.74) is 5.01. The van der Waals surface area contributed by atoms with Gasteiger partial charge in [-0.25, -0.2) is 0 Å². The van der Waals surface area contributed by atoms with E-state index in [4.69, 9.17) is 20.9 Å². The van der Waals surface area contributed by atoms with Crippen LogP contribution in [0.2, 0.25) is 0 Å². The van der Waals surface area contributed by atoms with Gasteiger partial charge in [-0.3, -0.25) is 19.3 Å². The largest absolute Gasteiger partial charge is 0.508 e. The van der Waals surface area contributed by atoms with Gasteiger partial charge in [-0.15, -0.1) is 0 Å². The monoisotopic (exact) mass is 549 g/mol. The molecule has 11 heteroatoms. The van der Waals surface area contributed by atoms with Crippen molar-refractivity contribution in [3.8, 4) is 16.9 Å². The van der Waals surface area contributed by atoms with Gasteiger partial charge in [0.25, 0.3) is 5.91 Å². The van der Waals surface area contributed by atoms with E-state index in [1.807, 2.05) is 6.07 Å². The molecule has 210 valence electrons. The van der Waals surface area contributed by atoms with Gasteiger partial charge in [-0.1, -0.05) is 6.42 Å². The van der Waals surface area contributed by atoms with E-state index in [0.717, 1.165) is 43.5 Å². The highest BCUT2D eigenvalue weighted by Crippen LogP contribution is 2.53. The molecule has 11 nitrogen and oxygen atoms in total. The third kappa shape index (κ3) is 3.80. The van der Waals surface area contributed by atoms with Crippen LogP contribution in [0.4, 0.5) is 0 Å². The molecule has 1 saturated carbocycles. The number of ketones is 2. The molecular weight excluding hydrogens is 518 g/mol. The Kier molecular flexibility index (Phi) is 6.32. The quantitative estimate of drug-likeness (QED) is 0.273. The van der Waals surface area contributed by atoms with E-state index in [2.05, 4.69) is 4.90 Å². The lowest BCUT2D eigenvalue weighted by Crippen LogP contribution is -2.58. The van der Waals surface area contributed by atoms with Crippen molar-refractivity contribution in [2.75, 3.05) is 13.1 Å². The van der Waals surface area contributed by atoms with Crippen molar-refractivity contribution >= 4 is 23.2 Å². The van der Waals surface area contributed by atoms with Crippen LogP contribution in [0.25, 0.3) is 16.9 Å². The van der Waals surface area contributed by atoms with E-state index in [1.54, 1.807) is 18.6 Å². The fourth-order valence-corrected chi connectivity index (χ4v) is 7.02. The summed E-state index contributed by atoms with van der Waals surface area (Å²) >= 11 is 0. The Morgan fingerprint density at radius 1 is 1.18 bits per heavy atom. The highest BCUT2D eigenvalue weighted by Gasteiger charge is 2.60. The van der Waals surface area contributed by atoms with Crippen LogP contribution < -0.4 is 16.5 Å². The van der Waals surface area contributed by atoms with Gasteiger partial charge in [-0.2, -0.15) is 5.90 Å². The van der Waals surface area contributed by atoms with Gasteiger partial charge in [0.1, 0.15) is 17.1 Å². The number of fused-ring (bicyclic) bond motifs is 3. The van der Waals surface area contributed by atoms with Gasteiger partial charge in [0.15, 0.2) is 17.1 Å². The highest BCUT2D eigenvalue weighted by atomic mass is 16.6. The third-order valence-electron chi connectivity index (χ3n) is 8.91. The van der Waals surface area contributed by atoms with Crippen LogP contribution in [0, 0.1) is 11.8 Å². The van der Waals surface area contributed by atoms with Crippen LogP contribution in [-0.2, 0) is 27.3 Å². The number of nitrogens with two attached hydrogens (primary N) is 2. The normalized spacial score (nSPS) is 26.9. The number of nitrogens with zero attached hydrogens (tertiary/aromatic N) is 1. The first-order valence-electron chi connectivity index (χ1n) is 13.4. The maximum atomic E-state index is 13.9. The number of carbonyl (C=O) groups is 3. The number of hydrogen-bond acceptors (Lipinski definition) is 10. The summed E-state index contributed by atoms with van der Waals surface area (Å²) in [6.07, 6.45) is 6.46. The third-order valence-corrected chi connectivity index (χ3v) is 8.91. The smallest absolute Gasteiger partial charge is 0.255 e. The topological polar surface area (TPSA) is 190 Å². The van der Waals surface area contributed by atoms with Gasteiger partial charge in [0.05, 0.1) is 18.1 Å². The fraction of sp³-hybridized carbons (Fsp3) is 0.414. The van der Waals surface area contributed by atoms with E-state index in [0.29, 0.717) is 17.7 Å². The van der Waals surface area contributed by atoms with Gasteiger partial charge in [0, 0.05) is 35.6 Å². The van der Waals surface area contributed by atoms with E-state index in [1.165, 1.54) is 0 Å². The standard InChI is InChI=1S/C29H31N3O8/c30-28(37)23-20(33)11-17-8-15-9-19-18(14-4-7-39-13-14)10-16(12-32-5-2-1-3-6-32)25(40-31)22(19)24(34)21(15)26(35)29(17,38)27(23)36/h4,7,10,13,15,17,34,36,38H,1-3,5-6,8-9,11-12,31H2,(H2,30,37)/t15-,17+,29+/m1/s1. The van der Waals surface area contributed by atoms with Gasteiger partial charge in [-0.05, 0) is 68.0 Å². The molecule has 3 atom stereocenters. The Balaban J connectivity index is 1.55.